The van der Waals surface area contributed by atoms with Gasteiger partial charge in [0.25, 0.3) is 0 Å². The zero-order chi connectivity index (χ0) is 14.6. The lowest BCUT2D eigenvalue weighted by Gasteiger charge is -2.12. The van der Waals surface area contributed by atoms with Crippen LogP contribution >= 0.6 is 0 Å². The summed E-state index contributed by atoms with van der Waals surface area (Å²) in [6, 6.07) is 2.90. The van der Waals surface area contributed by atoms with Gasteiger partial charge in [-0.1, -0.05) is 0 Å². The quantitative estimate of drug-likeness (QED) is 0.858. The van der Waals surface area contributed by atoms with Gasteiger partial charge in [-0.25, -0.2) is 0 Å². The Hall–Kier alpha value is -2.23. The van der Waals surface area contributed by atoms with E-state index in [2.05, 4.69) is 4.74 Å². The molecule has 0 amide bonds. The maximum Gasteiger partial charge on any atom is 0.417 e. The number of rotatable bonds is 3. The minimum absolute atomic E-state index is 0.0673. The molecule has 4 nitrogen and oxygen atoms in total. The number of hydrogen-bond acceptors (Lipinski definition) is 4. The van der Waals surface area contributed by atoms with Crippen LogP contribution in [-0.4, -0.2) is 17.7 Å². The van der Waals surface area contributed by atoms with Crippen LogP contribution in [0, 0.1) is 11.3 Å². The lowest BCUT2D eigenvalue weighted by molar-refractivity contribution is -0.142. The molecule has 0 bridgehead atoms. The smallest absolute Gasteiger partial charge is 0.417 e. The van der Waals surface area contributed by atoms with Gasteiger partial charge in [-0.05, 0) is 24.6 Å². The van der Waals surface area contributed by atoms with Crippen molar-refractivity contribution in [1.82, 2.24) is 0 Å². The van der Waals surface area contributed by atoms with E-state index in [0.717, 1.165) is 6.07 Å². The number of phenolic OH excluding ortho intramolecular Hbond substituents is 1. The molecule has 0 aliphatic heterocycles. The zero-order valence-electron chi connectivity index (χ0n) is 9.91. The average Bonchev–Trinajstić information content (AvgIpc) is 2.27. The highest BCUT2D eigenvalue weighted by Crippen LogP contribution is 2.36. The molecule has 0 aliphatic rings. The first-order valence-corrected chi connectivity index (χ1v) is 5.28. The third kappa shape index (κ3) is 3.61. The molecular weight excluding hydrogens is 263 g/mol. The number of alkyl halides is 3. The van der Waals surface area contributed by atoms with Crippen LogP contribution in [0.3, 0.4) is 0 Å². The van der Waals surface area contributed by atoms with Crippen LogP contribution in [0.25, 0.3) is 0 Å². The molecule has 0 saturated heterocycles. The van der Waals surface area contributed by atoms with Gasteiger partial charge in [0.15, 0.2) is 0 Å². The number of nitriles is 1. The highest BCUT2D eigenvalue weighted by Gasteiger charge is 2.35. The first-order valence-electron chi connectivity index (χ1n) is 5.28. The van der Waals surface area contributed by atoms with E-state index < -0.39 is 35.4 Å². The molecule has 0 aliphatic carbocycles. The first kappa shape index (κ1) is 14.8. The molecule has 0 fully saturated rings. The second-order valence-corrected chi connectivity index (χ2v) is 3.63. The van der Waals surface area contributed by atoms with E-state index in [0.29, 0.717) is 6.07 Å². The standard InChI is InChI=1S/C12H10F3NO3/c1-2-19-11(18)5-7-3-9(12(13,14)15)8(6-16)10(17)4-7/h3-4,17H,2,5H2,1H3. The summed E-state index contributed by atoms with van der Waals surface area (Å²) in [6.45, 7) is 1.67. The summed E-state index contributed by atoms with van der Waals surface area (Å²) in [4.78, 5) is 11.2. The third-order valence-corrected chi connectivity index (χ3v) is 2.25. The van der Waals surface area contributed by atoms with E-state index in [-0.39, 0.29) is 12.2 Å². The predicted octanol–water partition coefficient (Wildman–Crippen LogP) is 2.39. The summed E-state index contributed by atoms with van der Waals surface area (Å²) in [5, 5.41) is 18.0. The number of carbonyl (C=O) groups excluding carboxylic acids is 1. The predicted molar refractivity (Wildman–Crippen MR) is 58.2 cm³/mol. The van der Waals surface area contributed by atoms with Crippen molar-refractivity contribution < 1.29 is 27.8 Å². The van der Waals surface area contributed by atoms with Crippen LogP contribution in [0.15, 0.2) is 12.1 Å². The van der Waals surface area contributed by atoms with Crippen LogP contribution in [-0.2, 0) is 22.1 Å². The zero-order valence-corrected chi connectivity index (χ0v) is 9.91. The Morgan fingerprint density at radius 3 is 2.58 bits per heavy atom. The maximum absolute atomic E-state index is 12.7. The number of nitrogens with zero attached hydrogens (tertiary/aromatic N) is 1. The van der Waals surface area contributed by atoms with Gasteiger partial charge in [-0.15, -0.1) is 0 Å². The number of hydrogen-bond donors (Lipinski definition) is 1. The Labute approximate surface area is 107 Å². The van der Waals surface area contributed by atoms with Gasteiger partial charge >= 0.3 is 12.1 Å². The summed E-state index contributed by atoms with van der Waals surface area (Å²) in [5.41, 5.74) is -2.20. The molecule has 0 aromatic heterocycles. The Kier molecular flexibility index (Phi) is 4.38. The van der Waals surface area contributed by atoms with Crippen molar-refractivity contribution in [3.63, 3.8) is 0 Å². The maximum atomic E-state index is 12.7. The Morgan fingerprint density at radius 1 is 1.47 bits per heavy atom. The highest BCUT2D eigenvalue weighted by molar-refractivity contribution is 5.73. The third-order valence-electron chi connectivity index (χ3n) is 2.25. The van der Waals surface area contributed by atoms with Crippen LogP contribution in [0.2, 0.25) is 0 Å². The van der Waals surface area contributed by atoms with Gasteiger partial charge in [-0.3, -0.25) is 4.79 Å². The Balaban J connectivity index is 3.21. The van der Waals surface area contributed by atoms with Crippen LogP contribution in [0.1, 0.15) is 23.6 Å². The fraction of sp³-hybridized carbons (Fsp3) is 0.333. The van der Waals surface area contributed by atoms with Crippen molar-refractivity contribution in [1.29, 1.82) is 5.26 Å². The van der Waals surface area contributed by atoms with Crippen molar-refractivity contribution in [3.8, 4) is 11.8 Å². The summed E-state index contributed by atoms with van der Waals surface area (Å²) in [6.07, 6.45) is -5.19. The van der Waals surface area contributed by atoms with Crippen LogP contribution < -0.4 is 0 Å². The number of carbonyl (C=O) groups is 1. The SMILES string of the molecule is CCOC(=O)Cc1cc(O)c(C#N)c(C(F)(F)F)c1. The summed E-state index contributed by atoms with van der Waals surface area (Å²) in [7, 11) is 0. The number of halogens is 3. The highest BCUT2D eigenvalue weighted by atomic mass is 19.4. The van der Waals surface area contributed by atoms with Gasteiger partial charge in [-0.2, -0.15) is 18.4 Å². The lowest BCUT2D eigenvalue weighted by atomic mass is 10.0. The van der Waals surface area contributed by atoms with Crippen molar-refractivity contribution in [2.45, 2.75) is 19.5 Å². The number of aromatic hydroxyl groups is 1. The van der Waals surface area contributed by atoms with Crippen molar-refractivity contribution in [3.05, 3.63) is 28.8 Å². The molecule has 1 N–H and O–H groups in total. The molecule has 0 radical (unpaired) electrons. The van der Waals surface area contributed by atoms with Gasteiger partial charge < -0.3 is 9.84 Å². The fourth-order valence-electron chi connectivity index (χ4n) is 1.51. The van der Waals surface area contributed by atoms with E-state index in [9.17, 15) is 23.1 Å². The molecule has 1 aromatic carbocycles. The van der Waals surface area contributed by atoms with Crippen molar-refractivity contribution >= 4 is 5.97 Å². The normalized spacial score (nSPS) is 10.9. The summed E-state index contributed by atoms with van der Waals surface area (Å²) >= 11 is 0. The van der Waals surface area contributed by atoms with Crippen LogP contribution in [0.5, 0.6) is 5.75 Å². The minimum atomic E-state index is -4.78. The molecule has 0 heterocycles. The van der Waals surface area contributed by atoms with E-state index in [1.54, 1.807) is 6.92 Å². The molecule has 0 spiro atoms. The molecule has 1 aromatic rings. The fourth-order valence-corrected chi connectivity index (χ4v) is 1.51. The van der Waals surface area contributed by atoms with Gasteiger partial charge in [0.05, 0.1) is 18.6 Å². The van der Waals surface area contributed by atoms with E-state index in [1.165, 1.54) is 6.07 Å². The summed E-state index contributed by atoms with van der Waals surface area (Å²) in [5.74, 6) is -1.52. The Bertz CT molecular complexity index is 532. The first-order chi connectivity index (χ1) is 8.79. The number of benzene rings is 1. The molecule has 102 valence electrons. The largest absolute Gasteiger partial charge is 0.507 e. The second-order valence-electron chi connectivity index (χ2n) is 3.63. The van der Waals surface area contributed by atoms with E-state index >= 15 is 0 Å². The Morgan fingerprint density at radius 2 is 2.11 bits per heavy atom. The number of ether oxygens (including phenoxy) is 1. The molecule has 1 rings (SSSR count). The minimum Gasteiger partial charge on any atom is -0.507 e. The van der Waals surface area contributed by atoms with Crippen LogP contribution in [0.4, 0.5) is 13.2 Å². The molecule has 0 unspecified atom stereocenters. The van der Waals surface area contributed by atoms with E-state index in [4.69, 9.17) is 5.26 Å². The van der Waals surface area contributed by atoms with E-state index in [1.807, 2.05) is 0 Å². The molecule has 19 heavy (non-hydrogen) atoms. The topological polar surface area (TPSA) is 70.3 Å². The molecule has 7 heteroatoms. The number of phenols is 1. The molecule has 0 atom stereocenters. The van der Waals surface area contributed by atoms with Gasteiger partial charge in [0.2, 0.25) is 0 Å². The molecule has 0 saturated carbocycles. The van der Waals surface area contributed by atoms with Gasteiger partial charge in [0, 0.05) is 0 Å². The molecular formula is C12H10F3NO3. The summed E-state index contributed by atoms with van der Waals surface area (Å²) < 4.78 is 42.7. The van der Waals surface area contributed by atoms with Crippen molar-refractivity contribution in [2.24, 2.45) is 0 Å². The number of esters is 1. The van der Waals surface area contributed by atoms with Gasteiger partial charge in [0.1, 0.15) is 17.4 Å². The second kappa shape index (κ2) is 5.61. The lowest BCUT2D eigenvalue weighted by Crippen LogP contribution is -2.12. The van der Waals surface area contributed by atoms with Crippen molar-refractivity contribution in [2.75, 3.05) is 6.61 Å². The average molecular weight is 273 g/mol. The monoisotopic (exact) mass is 273 g/mol.